The number of anilines is 2. The molecular weight excluding hydrogens is 446 g/mol. The van der Waals surface area contributed by atoms with Gasteiger partial charge in [-0.2, -0.15) is 0 Å². The Bertz CT molecular complexity index is 1020. The van der Waals surface area contributed by atoms with E-state index in [1.807, 2.05) is 0 Å². The lowest BCUT2D eigenvalue weighted by Crippen LogP contribution is -2.48. The van der Waals surface area contributed by atoms with Crippen LogP contribution >= 0.6 is 23.8 Å². The first-order chi connectivity index (χ1) is 15.4. The van der Waals surface area contributed by atoms with Gasteiger partial charge in [0.1, 0.15) is 0 Å². The second-order valence-corrected chi connectivity index (χ2v) is 10.5. The van der Waals surface area contributed by atoms with Crippen LogP contribution in [-0.4, -0.2) is 16.9 Å². The molecule has 168 valence electrons. The van der Waals surface area contributed by atoms with Crippen LogP contribution in [0.2, 0.25) is 5.02 Å². The fourth-order valence-electron chi connectivity index (χ4n) is 6.47. The van der Waals surface area contributed by atoms with Crippen molar-refractivity contribution in [3.8, 4) is 0 Å². The normalized spacial score (nSPS) is 27.7. The maximum atomic E-state index is 12.8. The van der Waals surface area contributed by atoms with E-state index in [-0.39, 0.29) is 28.1 Å². The number of hydrogen-bond acceptors (Lipinski definition) is 4. The molecule has 4 bridgehead atoms. The fourth-order valence-corrected chi connectivity index (χ4v) is 6.93. The van der Waals surface area contributed by atoms with Crippen LogP contribution in [-0.2, 0) is 4.79 Å². The molecule has 32 heavy (non-hydrogen) atoms. The van der Waals surface area contributed by atoms with E-state index in [1.165, 1.54) is 44.8 Å². The van der Waals surface area contributed by atoms with Gasteiger partial charge < -0.3 is 20.4 Å². The topological polar surface area (TPSA) is 83.4 Å². The van der Waals surface area contributed by atoms with Crippen LogP contribution in [0.4, 0.5) is 11.4 Å². The van der Waals surface area contributed by atoms with E-state index < -0.39 is 0 Å². The summed E-state index contributed by atoms with van der Waals surface area (Å²) in [5, 5.41) is 9.16. The van der Waals surface area contributed by atoms with Gasteiger partial charge in [-0.1, -0.05) is 11.6 Å². The molecule has 4 fully saturated rings. The van der Waals surface area contributed by atoms with Gasteiger partial charge in [0.15, 0.2) is 10.9 Å². The Hall–Kier alpha value is -2.38. The summed E-state index contributed by atoms with van der Waals surface area (Å²) in [7, 11) is 0. The fraction of sp³-hybridized carbons (Fsp3) is 0.458. The average molecular weight is 472 g/mol. The number of carbonyl (C=O) groups is 2. The molecule has 0 saturated heterocycles. The van der Waals surface area contributed by atoms with Crippen LogP contribution in [0.1, 0.15) is 55.5 Å². The zero-order chi connectivity index (χ0) is 22.3. The minimum absolute atomic E-state index is 0.0159. The first kappa shape index (κ1) is 21.5. The average Bonchev–Trinajstić information content (AvgIpc) is 3.23. The van der Waals surface area contributed by atoms with Gasteiger partial charge in [-0.25, -0.2) is 0 Å². The molecule has 0 unspecified atom stereocenters. The highest BCUT2D eigenvalue weighted by molar-refractivity contribution is 7.80. The maximum absolute atomic E-state index is 12.8. The zero-order valence-corrected chi connectivity index (χ0v) is 19.2. The van der Waals surface area contributed by atoms with Crippen molar-refractivity contribution in [1.82, 2.24) is 5.32 Å². The highest BCUT2D eigenvalue weighted by Gasteiger charge is 2.51. The summed E-state index contributed by atoms with van der Waals surface area (Å²) in [5.41, 5.74) is 1.26. The quantitative estimate of drug-likeness (QED) is 0.494. The molecule has 8 heteroatoms. The predicted octanol–water partition coefficient (Wildman–Crippen LogP) is 5.60. The Morgan fingerprint density at radius 3 is 2.34 bits per heavy atom. The summed E-state index contributed by atoms with van der Waals surface area (Å²) in [5.74, 6) is 2.24. The van der Waals surface area contributed by atoms with Gasteiger partial charge >= 0.3 is 0 Å². The number of rotatable bonds is 5. The third-order valence-corrected chi connectivity index (χ3v) is 7.69. The van der Waals surface area contributed by atoms with Crippen molar-refractivity contribution >= 4 is 52.1 Å². The van der Waals surface area contributed by atoms with Crippen molar-refractivity contribution in [2.45, 2.75) is 44.9 Å². The second kappa shape index (κ2) is 8.52. The number of benzene rings is 1. The molecule has 2 amide bonds. The Morgan fingerprint density at radius 2 is 1.75 bits per heavy atom. The van der Waals surface area contributed by atoms with Crippen LogP contribution in [0, 0.1) is 23.2 Å². The van der Waals surface area contributed by atoms with Gasteiger partial charge in [0.25, 0.3) is 5.91 Å². The van der Waals surface area contributed by atoms with Crippen LogP contribution in [0.15, 0.2) is 41.0 Å². The lowest BCUT2D eigenvalue weighted by Gasteiger charge is -2.56. The molecule has 1 aromatic carbocycles. The lowest BCUT2D eigenvalue weighted by molar-refractivity contribution is -0.127. The highest BCUT2D eigenvalue weighted by atomic mass is 35.5. The molecule has 2 aromatic rings. The molecule has 4 saturated carbocycles. The van der Waals surface area contributed by atoms with Crippen molar-refractivity contribution in [2.75, 3.05) is 10.6 Å². The summed E-state index contributed by atoms with van der Waals surface area (Å²) >= 11 is 11.7. The van der Waals surface area contributed by atoms with E-state index >= 15 is 0 Å². The number of halogens is 1. The molecule has 6 nitrogen and oxygen atoms in total. The zero-order valence-electron chi connectivity index (χ0n) is 17.7. The van der Waals surface area contributed by atoms with Gasteiger partial charge in [0, 0.05) is 12.1 Å². The molecule has 0 atom stereocenters. The van der Waals surface area contributed by atoms with Crippen molar-refractivity contribution in [3.63, 3.8) is 0 Å². The predicted molar refractivity (Wildman–Crippen MR) is 128 cm³/mol. The largest absolute Gasteiger partial charge is 0.459 e. The third kappa shape index (κ3) is 4.55. The molecule has 1 heterocycles. The van der Waals surface area contributed by atoms with Crippen molar-refractivity contribution in [3.05, 3.63) is 47.4 Å². The van der Waals surface area contributed by atoms with Gasteiger partial charge in [-0.15, -0.1) is 0 Å². The van der Waals surface area contributed by atoms with Gasteiger partial charge in [0.2, 0.25) is 5.91 Å². The Labute approximate surface area is 197 Å². The number of thiocarbonyl (C=S) groups is 1. The molecule has 4 aliphatic rings. The first-order valence-corrected chi connectivity index (χ1v) is 11.9. The Kier molecular flexibility index (Phi) is 5.72. The van der Waals surface area contributed by atoms with Gasteiger partial charge in [-0.3, -0.25) is 9.59 Å². The van der Waals surface area contributed by atoms with Crippen LogP contribution in [0.3, 0.4) is 0 Å². The number of amides is 2. The van der Waals surface area contributed by atoms with E-state index in [9.17, 15) is 9.59 Å². The SMILES string of the molecule is O=C(CC12CC3CC(CC(C3)C1)C2)NC(=S)Nc1ccc(NC(=O)c2ccco2)c(Cl)c1. The molecule has 6 rings (SSSR count). The monoisotopic (exact) mass is 471 g/mol. The van der Waals surface area contributed by atoms with Crippen molar-refractivity contribution < 1.29 is 14.0 Å². The summed E-state index contributed by atoms with van der Waals surface area (Å²) in [6.45, 7) is 0. The van der Waals surface area contributed by atoms with E-state index in [0.29, 0.717) is 22.8 Å². The van der Waals surface area contributed by atoms with Crippen molar-refractivity contribution in [1.29, 1.82) is 0 Å². The number of nitrogens with one attached hydrogen (secondary N) is 3. The molecule has 3 N–H and O–H groups in total. The molecule has 0 spiro atoms. The third-order valence-electron chi connectivity index (χ3n) is 7.17. The molecule has 1 aromatic heterocycles. The first-order valence-electron chi connectivity index (χ1n) is 11.1. The van der Waals surface area contributed by atoms with Crippen LogP contribution < -0.4 is 16.0 Å². The van der Waals surface area contributed by atoms with Gasteiger partial charge in [0.05, 0.1) is 17.0 Å². The number of hydrogen-bond donors (Lipinski definition) is 3. The second-order valence-electron chi connectivity index (χ2n) is 9.72. The van der Waals surface area contributed by atoms with Gasteiger partial charge in [-0.05, 0) is 104 Å². The molecular formula is C24H26ClN3O3S. The highest BCUT2D eigenvalue weighted by Crippen LogP contribution is 2.61. The Morgan fingerprint density at radius 1 is 1.06 bits per heavy atom. The summed E-state index contributed by atoms with van der Waals surface area (Å²) < 4.78 is 5.08. The van der Waals surface area contributed by atoms with Crippen LogP contribution in [0.5, 0.6) is 0 Å². The minimum Gasteiger partial charge on any atom is -0.459 e. The summed E-state index contributed by atoms with van der Waals surface area (Å²) in [6.07, 6.45) is 9.63. The van der Waals surface area contributed by atoms with E-state index in [1.54, 1.807) is 30.3 Å². The molecule has 0 radical (unpaired) electrons. The summed E-state index contributed by atoms with van der Waals surface area (Å²) in [6, 6.07) is 8.27. The van der Waals surface area contributed by atoms with E-state index in [2.05, 4.69) is 16.0 Å². The van der Waals surface area contributed by atoms with E-state index in [0.717, 1.165) is 17.8 Å². The standard InChI is InChI=1S/C24H26ClN3O3S/c25-18-9-17(3-4-19(18)27-22(30)20-2-1-5-31-20)26-23(32)28-21(29)13-24-10-14-6-15(11-24)8-16(7-14)12-24/h1-5,9,14-16H,6-8,10-13H2,(H,27,30)(H2,26,28,29,32). The van der Waals surface area contributed by atoms with E-state index in [4.69, 9.17) is 28.2 Å². The number of furan rings is 1. The van der Waals surface area contributed by atoms with Crippen molar-refractivity contribution in [2.24, 2.45) is 23.2 Å². The maximum Gasteiger partial charge on any atom is 0.291 e. The van der Waals surface area contributed by atoms with Crippen LogP contribution in [0.25, 0.3) is 0 Å². The molecule has 4 aliphatic carbocycles. The Balaban J connectivity index is 1.15. The molecule has 0 aliphatic heterocycles. The number of carbonyl (C=O) groups excluding carboxylic acids is 2. The summed E-state index contributed by atoms with van der Waals surface area (Å²) in [4.78, 5) is 24.9. The minimum atomic E-state index is -0.384. The smallest absolute Gasteiger partial charge is 0.291 e. The lowest BCUT2D eigenvalue weighted by atomic mass is 9.49.